The van der Waals surface area contributed by atoms with Crippen LogP contribution in [0.15, 0.2) is 65.7 Å². The van der Waals surface area contributed by atoms with Crippen LogP contribution in [0.4, 0.5) is 20.3 Å². The summed E-state index contributed by atoms with van der Waals surface area (Å²) in [6.45, 7) is 1.79. The number of aromatic nitrogens is 1. The van der Waals surface area contributed by atoms with E-state index in [4.69, 9.17) is 0 Å². The van der Waals surface area contributed by atoms with Gasteiger partial charge in [-0.1, -0.05) is 18.2 Å². The lowest BCUT2D eigenvalue weighted by Gasteiger charge is -2.11. The van der Waals surface area contributed by atoms with E-state index in [2.05, 4.69) is 15.0 Å². The number of hydrogen-bond acceptors (Lipinski definition) is 4. The molecule has 2 N–H and O–H groups in total. The number of rotatable bonds is 6. The van der Waals surface area contributed by atoms with Gasteiger partial charge < -0.3 is 5.32 Å². The lowest BCUT2D eigenvalue weighted by molar-refractivity contribution is 0.598. The van der Waals surface area contributed by atoms with Crippen molar-refractivity contribution in [2.75, 3.05) is 10.0 Å². The number of anilines is 2. The first kappa shape index (κ1) is 18.8. The van der Waals surface area contributed by atoms with E-state index in [1.807, 2.05) is 0 Å². The molecule has 0 fully saturated rings. The first-order chi connectivity index (χ1) is 12.8. The highest BCUT2D eigenvalue weighted by molar-refractivity contribution is 7.92. The van der Waals surface area contributed by atoms with Crippen molar-refractivity contribution in [2.24, 2.45) is 0 Å². The Hall–Kier alpha value is -3.00. The van der Waals surface area contributed by atoms with E-state index < -0.39 is 15.8 Å². The molecule has 0 amide bonds. The maximum atomic E-state index is 13.6. The zero-order valence-electron chi connectivity index (χ0n) is 14.4. The Bertz CT molecular complexity index is 1050. The van der Waals surface area contributed by atoms with Gasteiger partial charge in [0.15, 0.2) is 0 Å². The second-order valence-electron chi connectivity index (χ2n) is 5.89. The third kappa shape index (κ3) is 4.59. The van der Waals surface area contributed by atoms with Crippen LogP contribution in [0.1, 0.15) is 11.1 Å². The van der Waals surface area contributed by atoms with Gasteiger partial charge in [-0.25, -0.2) is 22.2 Å². The Morgan fingerprint density at radius 2 is 1.81 bits per heavy atom. The van der Waals surface area contributed by atoms with E-state index in [9.17, 15) is 17.2 Å². The predicted octanol–water partition coefficient (Wildman–Crippen LogP) is 4.08. The van der Waals surface area contributed by atoms with Crippen LogP contribution in [-0.4, -0.2) is 13.4 Å². The summed E-state index contributed by atoms with van der Waals surface area (Å²) in [6.07, 6.45) is 1.44. The van der Waals surface area contributed by atoms with Crippen LogP contribution in [0.5, 0.6) is 0 Å². The average molecular weight is 389 g/mol. The number of nitrogens with zero attached hydrogens (tertiary/aromatic N) is 1. The van der Waals surface area contributed by atoms with E-state index in [0.29, 0.717) is 16.8 Å². The molecule has 1 heterocycles. The van der Waals surface area contributed by atoms with Gasteiger partial charge in [-0.2, -0.15) is 0 Å². The molecule has 3 aromatic rings. The average Bonchev–Trinajstić information content (AvgIpc) is 2.61. The molecule has 0 saturated heterocycles. The Morgan fingerprint density at radius 1 is 1.04 bits per heavy atom. The Balaban J connectivity index is 1.69. The molecule has 0 spiro atoms. The summed E-state index contributed by atoms with van der Waals surface area (Å²) >= 11 is 0. The van der Waals surface area contributed by atoms with Gasteiger partial charge in [0.25, 0.3) is 10.0 Å². The van der Waals surface area contributed by atoms with Crippen molar-refractivity contribution in [3.8, 4) is 0 Å². The number of hydrogen-bond donors (Lipinski definition) is 2. The van der Waals surface area contributed by atoms with Crippen molar-refractivity contribution in [1.29, 1.82) is 0 Å². The fourth-order valence-corrected chi connectivity index (χ4v) is 3.74. The van der Waals surface area contributed by atoms with Crippen molar-refractivity contribution >= 4 is 21.5 Å². The van der Waals surface area contributed by atoms with Crippen molar-refractivity contribution in [3.05, 3.63) is 83.6 Å². The van der Waals surface area contributed by atoms with Gasteiger partial charge in [-0.3, -0.25) is 4.72 Å². The topological polar surface area (TPSA) is 71.1 Å². The molecule has 0 aliphatic rings. The smallest absolute Gasteiger partial charge is 0.263 e. The van der Waals surface area contributed by atoms with Gasteiger partial charge in [0.05, 0.1) is 16.8 Å². The molecular formula is C19H17F2N3O2S. The van der Waals surface area contributed by atoms with E-state index >= 15 is 0 Å². The Morgan fingerprint density at radius 3 is 2.48 bits per heavy atom. The largest absolute Gasteiger partial charge is 0.380 e. The fourth-order valence-electron chi connectivity index (χ4n) is 2.50. The van der Waals surface area contributed by atoms with Gasteiger partial charge >= 0.3 is 0 Å². The van der Waals surface area contributed by atoms with Gasteiger partial charge in [0.2, 0.25) is 0 Å². The lowest BCUT2D eigenvalue weighted by atomic mass is 10.2. The van der Waals surface area contributed by atoms with Gasteiger partial charge in [0, 0.05) is 12.1 Å². The minimum Gasteiger partial charge on any atom is -0.380 e. The summed E-state index contributed by atoms with van der Waals surface area (Å²) in [5, 5.41) is 3.02. The van der Waals surface area contributed by atoms with Crippen LogP contribution in [-0.2, 0) is 16.6 Å². The zero-order chi connectivity index (χ0) is 19.4. The molecule has 0 saturated carbocycles. The monoisotopic (exact) mass is 389 g/mol. The molecular weight excluding hydrogens is 372 g/mol. The molecule has 5 nitrogen and oxygen atoms in total. The first-order valence-electron chi connectivity index (χ1n) is 8.07. The Kier molecular flexibility index (Phi) is 5.36. The van der Waals surface area contributed by atoms with Crippen molar-refractivity contribution in [2.45, 2.75) is 18.4 Å². The highest BCUT2D eigenvalue weighted by Gasteiger charge is 2.17. The molecule has 0 unspecified atom stereocenters. The maximum absolute atomic E-state index is 13.6. The number of benzene rings is 2. The van der Waals surface area contributed by atoms with Gasteiger partial charge in [-0.05, 0) is 48.9 Å². The van der Waals surface area contributed by atoms with Crippen LogP contribution in [0.3, 0.4) is 0 Å². The Labute approximate surface area is 156 Å². The summed E-state index contributed by atoms with van der Waals surface area (Å²) < 4.78 is 54.0. The number of nitrogens with one attached hydrogen (secondary N) is 2. The summed E-state index contributed by atoms with van der Waals surface area (Å²) in [5.41, 5.74) is 1.42. The van der Waals surface area contributed by atoms with Crippen LogP contribution < -0.4 is 10.0 Å². The third-order valence-electron chi connectivity index (χ3n) is 3.87. The molecule has 8 heteroatoms. The summed E-state index contributed by atoms with van der Waals surface area (Å²) in [6, 6.07) is 13.0. The fraction of sp³-hybridized carbons (Fsp3) is 0.105. The molecule has 0 atom stereocenters. The SMILES string of the molecule is Cc1cc(F)ccc1S(=O)(=O)Nc1ccc(NCc2ccccc2F)cn1. The molecule has 0 bridgehead atoms. The van der Waals surface area contributed by atoms with Gasteiger partial charge in [0.1, 0.15) is 17.5 Å². The zero-order valence-corrected chi connectivity index (χ0v) is 15.2. The molecule has 0 aliphatic heterocycles. The molecule has 3 rings (SSSR count). The molecule has 0 aliphatic carbocycles. The molecule has 0 radical (unpaired) electrons. The molecule has 2 aromatic carbocycles. The second kappa shape index (κ2) is 7.71. The quantitative estimate of drug-likeness (QED) is 0.666. The lowest BCUT2D eigenvalue weighted by Crippen LogP contribution is -2.15. The molecule has 140 valence electrons. The van der Waals surface area contributed by atoms with Gasteiger partial charge in [-0.15, -0.1) is 0 Å². The molecule has 1 aromatic heterocycles. The standard InChI is InChI=1S/C19H17F2N3O2S/c1-13-10-15(20)6-8-18(13)27(25,26)24-19-9-7-16(12-23-19)22-11-14-4-2-3-5-17(14)21/h2-10,12,22H,11H2,1H3,(H,23,24). The molecule has 27 heavy (non-hydrogen) atoms. The minimum atomic E-state index is -3.88. The van der Waals surface area contributed by atoms with Crippen LogP contribution in [0.25, 0.3) is 0 Å². The predicted molar refractivity (Wildman–Crippen MR) is 99.9 cm³/mol. The van der Waals surface area contributed by atoms with E-state index in [-0.39, 0.29) is 23.1 Å². The maximum Gasteiger partial charge on any atom is 0.263 e. The van der Waals surface area contributed by atoms with E-state index in [1.54, 1.807) is 24.3 Å². The summed E-state index contributed by atoms with van der Waals surface area (Å²) in [5.74, 6) is -0.693. The number of sulfonamides is 1. The minimum absolute atomic E-state index is 0.0209. The van der Waals surface area contributed by atoms with Crippen molar-refractivity contribution < 1.29 is 17.2 Å². The highest BCUT2D eigenvalue weighted by atomic mass is 32.2. The van der Waals surface area contributed by atoms with Crippen LogP contribution in [0, 0.1) is 18.6 Å². The summed E-state index contributed by atoms with van der Waals surface area (Å²) in [7, 11) is -3.88. The van der Waals surface area contributed by atoms with E-state index in [1.165, 1.54) is 31.3 Å². The van der Waals surface area contributed by atoms with E-state index in [0.717, 1.165) is 12.1 Å². The highest BCUT2D eigenvalue weighted by Crippen LogP contribution is 2.20. The van der Waals surface area contributed by atoms with Crippen LogP contribution >= 0.6 is 0 Å². The van der Waals surface area contributed by atoms with Crippen molar-refractivity contribution in [1.82, 2.24) is 4.98 Å². The first-order valence-corrected chi connectivity index (χ1v) is 9.56. The third-order valence-corrected chi connectivity index (χ3v) is 5.38. The number of aryl methyl sites for hydroxylation is 1. The number of pyridine rings is 1. The number of halogens is 2. The normalized spacial score (nSPS) is 11.2. The van der Waals surface area contributed by atoms with Crippen LogP contribution in [0.2, 0.25) is 0 Å². The second-order valence-corrected chi connectivity index (χ2v) is 7.54. The van der Waals surface area contributed by atoms with Crippen molar-refractivity contribution in [3.63, 3.8) is 0 Å². The summed E-state index contributed by atoms with van der Waals surface area (Å²) in [4.78, 5) is 4.03.